The Morgan fingerprint density at radius 3 is 2.60 bits per heavy atom. The Morgan fingerprint density at radius 1 is 1.35 bits per heavy atom. The largest absolute Gasteiger partial charge is 0.486 e. The van der Waals surface area contributed by atoms with E-state index >= 15 is 0 Å². The monoisotopic (exact) mass is 278 g/mol. The lowest BCUT2D eigenvalue weighted by Gasteiger charge is -2.27. The van der Waals surface area contributed by atoms with Crippen LogP contribution < -0.4 is 10.1 Å². The third-order valence-corrected chi connectivity index (χ3v) is 3.62. The highest BCUT2D eigenvalue weighted by Crippen LogP contribution is 2.39. The first-order chi connectivity index (χ1) is 9.32. The van der Waals surface area contributed by atoms with E-state index in [1.807, 2.05) is 12.1 Å². The zero-order valence-corrected chi connectivity index (χ0v) is 13.2. The highest BCUT2D eigenvalue weighted by molar-refractivity contribution is 5.21. The van der Waals surface area contributed by atoms with Gasteiger partial charge in [-0.2, -0.15) is 0 Å². The van der Waals surface area contributed by atoms with Gasteiger partial charge in [0.1, 0.15) is 17.5 Å². The van der Waals surface area contributed by atoms with E-state index in [4.69, 9.17) is 9.47 Å². The minimum absolute atomic E-state index is 0.0546. The van der Waals surface area contributed by atoms with E-state index in [1.54, 1.807) is 6.20 Å². The van der Waals surface area contributed by atoms with Gasteiger partial charge in [-0.15, -0.1) is 0 Å². The molecular weight excluding hydrogens is 252 g/mol. The molecule has 1 aliphatic rings. The highest BCUT2D eigenvalue weighted by atomic mass is 16.6. The first-order valence-corrected chi connectivity index (χ1v) is 7.35. The van der Waals surface area contributed by atoms with Crippen molar-refractivity contribution in [3.63, 3.8) is 0 Å². The molecule has 0 saturated carbocycles. The molecule has 0 aromatic carbocycles. The molecule has 2 rings (SSSR count). The van der Waals surface area contributed by atoms with Gasteiger partial charge in [0, 0.05) is 13.0 Å². The van der Waals surface area contributed by atoms with Crippen LogP contribution in [0, 0.1) is 0 Å². The summed E-state index contributed by atoms with van der Waals surface area (Å²) in [5.41, 5.74) is 0.625. The van der Waals surface area contributed by atoms with Crippen LogP contribution in [0.25, 0.3) is 0 Å². The molecule has 0 bridgehead atoms. The smallest absolute Gasteiger partial charge is 0.138 e. The number of nitrogens with one attached hydrogen (secondary N) is 1. The summed E-state index contributed by atoms with van der Waals surface area (Å²) < 4.78 is 12.1. The van der Waals surface area contributed by atoms with Gasteiger partial charge < -0.3 is 14.8 Å². The number of nitrogens with zero attached hydrogens (tertiary/aromatic N) is 1. The van der Waals surface area contributed by atoms with Gasteiger partial charge in [0.15, 0.2) is 0 Å². The SMILES string of the molecule is CCNCc1ccc(OC2CC(C)(C)OC2(C)C)cn1. The minimum atomic E-state index is -0.272. The fraction of sp³-hybridized carbons (Fsp3) is 0.688. The number of ether oxygens (including phenoxy) is 2. The van der Waals surface area contributed by atoms with Gasteiger partial charge in [0.25, 0.3) is 0 Å². The van der Waals surface area contributed by atoms with Crippen LogP contribution in [0.15, 0.2) is 18.3 Å². The average Bonchev–Trinajstić information content (AvgIpc) is 2.56. The Labute approximate surface area is 121 Å². The first-order valence-electron chi connectivity index (χ1n) is 7.35. The van der Waals surface area contributed by atoms with E-state index in [1.165, 1.54) is 0 Å². The molecule has 0 amide bonds. The molecule has 0 spiro atoms. The maximum Gasteiger partial charge on any atom is 0.138 e. The second kappa shape index (κ2) is 5.70. The Hall–Kier alpha value is -1.13. The molecule has 1 aliphatic heterocycles. The molecule has 1 unspecified atom stereocenters. The molecule has 1 saturated heterocycles. The van der Waals surface area contributed by atoms with Gasteiger partial charge >= 0.3 is 0 Å². The van der Waals surface area contributed by atoms with Crippen molar-refractivity contribution in [2.75, 3.05) is 6.54 Å². The fourth-order valence-electron chi connectivity index (χ4n) is 2.70. The molecule has 4 nitrogen and oxygen atoms in total. The van der Waals surface area contributed by atoms with Crippen molar-refractivity contribution < 1.29 is 9.47 Å². The van der Waals surface area contributed by atoms with E-state index in [2.05, 4.69) is 44.9 Å². The van der Waals surface area contributed by atoms with E-state index in [0.717, 1.165) is 31.0 Å². The molecule has 20 heavy (non-hydrogen) atoms. The van der Waals surface area contributed by atoms with Gasteiger partial charge in [-0.1, -0.05) is 6.92 Å². The van der Waals surface area contributed by atoms with Crippen LogP contribution in [-0.2, 0) is 11.3 Å². The van der Waals surface area contributed by atoms with Crippen LogP contribution in [0.3, 0.4) is 0 Å². The average molecular weight is 278 g/mol. The number of hydrogen-bond acceptors (Lipinski definition) is 4. The van der Waals surface area contributed by atoms with Crippen LogP contribution >= 0.6 is 0 Å². The van der Waals surface area contributed by atoms with E-state index in [0.29, 0.717) is 0 Å². The Balaban J connectivity index is 2.00. The first kappa shape index (κ1) is 15.3. The molecule has 1 aromatic rings. The second-order valence-electron chi connectivity index (χ2n) is 6.54. The fourth-order valence-corrected chi connectivity index (χ4v) is 2.70. The van der Waals surface area contributed by atoms with Crippen molar-refractivity contribution >= 4 is 0 Å². The molecular formula is C16H26N2O2. The maximum atomic E-state index is 6.08. The van der Waals surface area contributed by atoms with Gasteiger partial charge in [-0.3, -0.25) is 4.98 Å². The van der Waals surface area contributed by atoms with Crippen molar-refractivity contribution in [1.82, 2.24) is 10.3 Å². The van der Waals surface area contributed by atoms with Crippen molar-refractivity contribution in [1.29, 1.82) is 0 Å². The molecule has 1 fully saturated rings. The van der Waals surface area contributed by atoms with Crippen molar-refractivity contribution in [3.8, 4) is 5.75 Å². The lowest BCUT2D eigenvalue weighted by atomic mass is 9.97. The maximum absolute atomic E-state index is 6.08. The summed E-state index contributed by atoms with van der Waals surface area (Å²) in [5.74, 6) is 0.810. The van der Waals surface area contributed by atoms with E-state index in [-0.39, 0.29) is 17.3 Å². The topological polar surface area (TPSA) is 43.4 Å². The standard InChI is InChI=1S/C16H26N2O2/c1-6-17-10-12-7-8-13(11-18-12)19-14-9-15(2,3)20-16(14,4)5/h7-8,11,14,17H,6,9-10H2,1-5H3. The third kappa shape index (κ3) is 3.70. The summed E-state index contributed by atoms with van der Waals surface area (Å²) >= 11 is 0. The highest BCUT2D eigenvalue weighted by Gasteiger charge is 2.47. The number of hydrogen-bond donors (Lipinski definition) is 1. The molecule has 1 aromatic heterocycles. The molecule has 0 aliphatic carbocycles. The van der Waals surface area contributed by atoms with Crippen LogP contribution in [0.5, 0.6) is 5.75 Å². The number of pyridine rings is 1. The molecule has 0 radical (unpaired) electrons. The predicted molar refractivity (Wildman–Crippen MR) is 79.9 cm³/mol. The van der Waals surface area contributed by atoms with Crippen molar-refractivity contribution in [2.45, 2.75) is 64.9 Å². The molecule has 2 heterocycles. The summed E-state index contributed by atoms with van der Waals surface area (Å²) in [7, 11) is 0. The van der Waals surface area contributed by atoms with Gasteiger partial charge in [0.2, 0.25) is 0 Å². The van der Waals surface area contributed by atoms with E-state index < -0.39 is 0 Å². The Bertz CT molecular complexity index is 440. The summed E-state index contributed by atoms with van der Waals surface area (Å²) in [4.78, 5) is 4.41. The number of aromatic nitrogens is 1. The van der Waals surface area contributed by atoms with Gasteiger partial charge in [-0.25, -0.2) is 0 Å². The van der Waals surface area contributed by atoms with Crippen LogP contribution in [-0.4, -0.2) is 28.8 Å². The molecule has 1 N–H and O–H groups in total. The quantitative estimate of drug-likeness (QED) is 0.899. The Morgan fingerprint density at radius 2 is 2.10 bits per heavy atom. The second-order valence-corrected chi connectivity index (χ2v) is 6.54. The summed E-state index contributed by atoms with van der Waals surface area (Å²) in [6, 6.07) is 3.99. The van der Waals surface area contributed by atoms with Crippen LogP contribution in [0.2, 0.25) is 0 Å². The molecule has 112 valence electrons. The summed E-state index contributed by atoms with van der Waals surface area (Å²) in [6.45, 7) is 12.2. The molecule has 1 atom stereocenters. The number of rotatable bonds is 5. The zero-order valence-electron chi connectivity index (χ0n) is 13.2. The van der Waals surface area contributed by atoms with E-state index in [9.17, 15) is 0 Å². The van der Waals surface area contributed by atoms with Crippen molar-refractivity contribution in [2.24, 2.45) is 0 Å². The van der Waals surface area contributed by atoms with Gasteiger partial charge in [0.05, 0.1) is 17.5 Å². The minimum Gasteiger partial charge on any atom is -0.486 e. The molecule has 4 heteroatoms. The lowest BCUT2D eigenvalue weighted by molar-refractivity contribution is -0.0846. The normalized spacial score (nSPS) is 23.8. The van der Waals surface area contributed by atoms with Gasteiger partial charge in [-0.05, 0) is 46.4 Å². The summed E-state index contributed by atoms with van der Waals surface area (Å²) in [6.07, 6.45) is 2.74. The van der Waals surface area contributed by atoms with Crippen LogP contribution in [0.1, 0.15) is 46.7 Å². The van der Waals surface area contributed by atoms with Crippen molar-refractivity contribution in [3.05, 3.63) is 24.0 Å². The lowest BCUT2D eigenvalue weighted by Crippen LogP contribution is -2.36. The zero-order chi connectivity index (χ0) is 14.8. The summed E-state index contributed by atoms with van der Waals surface area (Å²) in [5, 5.41) is 3.26. The third-order valence-electron chi connectivity index (χ3n) is 3.62. The Kier molecular flexibility index (Phi) is 4.35. The predicted octanol–water partition coefficient (Wildman–Crippen LogP) is 2.92. The van der Waals surface area contributed by atoms with Crippen LogP contribution in [0.4, 0.5) is 0 Å².